The smallest absolute Gasteiger partial charge is 0.243 e. The Labute approximate surface area is 187 Å². The number of rotatable bonds is 8. The van der Waals surface area contributed by atoms with E-state index in [2.05, 4.69) is 15.0 Å². The third kappa shape index (κ3) is 4.93. The molecule has 1 aliphatic heterocycles. The number of nitrogens with zero attached hydrogens (tertiary/aromatic N) is 4. The molecule has 170 valence electrons. The SMILES string of the molecule is CCOc1ccc(-c2noc(CN3CCN(S(=O)(=O)c4ccc(OC)cc4)CC3)n2)cc1. The summed E-state index contributed by atoms with van der Waals surface area (Å²) < 4.78 is 43.3. The van der Waals surface area contributed by atoms with Gasteiger partial charge in [-0.05, 0) is 55.5 Å². The van der Waals surface area contributed by atoms with Crippen molar-refractivity contribution >= 4 is 10.0 Å². The molecule has 0 atom stereocenters. The molecule has 2 aromatic carbocycles. The second kappa shape index (κ2) is 9.68. The summed E-state index contributed by atoms with van der Waals surface area (Å²) >= 11 is 0. The molecule has 2 heterocycles. The van der Waals surface area contributed by atoms with Crippen molar-refractivity contribution in [1.29, 1.82) is 0 Å². The van der Waals surface area contributed by atoms with E-state index in [-0.39, 0.29) is 4.90 Å². The van der Waals surface area contributed by atoms with Gasteiger partial charge in [0, 0.05) is 31.7 Å². The zero-order valence-corrected chi connectivity index (χ0v) is 18.9. The third-order valence-corrected chi connectivity index (χ3v) is 7.19. The minimum absolute atomic E-state index is 0.267. The molecule has 9 nitrogen and oxygen atoms in total. The maximum atomic E-state index is 12.9. The van der Waals surface area contributed by atoms with Gasteiger partial charge in [-0.2, -0.15) is 9.29 Å². The van der Waals surface area contributed by atoms with E-state index < -0.39 is 10.0 Å². The summed E-state index contributed by atoms with van der Waals surface area (Å²) in [6.07, 6.45) is 0. The maximum absolute atomic E-state index is 12.9. The molecule has 0 unspecified atom stereocenters. The second-order valence-electron chi connectivity index (χ2n) is 7.32. The number of aromatic nitrogens is 2. The fourth-order valence-corrected chi connectivity index (χ4v) is 4.94. The van der Waals surface area contributed by atoms with Gasteiger partial charge < -0.3 is 14.0 Å². The Morgan fingerprint density at radius 3 is 2.25 bits per heavy atom. The van der Waals surface area contributed by atoms with E-state index in [1.807, 2.05) is 31.2 Å². The predicted molar refractivity (Wildman–Crippen MR) is 118 cm³/mol. The van der Waals surface area contributed by atoms with E-state index in [9.17, 15) is 8.42 Å². The van der Waals surface area contributed by atoms with Crippen LogP contribution in [-0.4, -0.2) is 67.7 Å². The number of benzene rings is 2. The van der Waals surface area contributed by atoms with Gasteiger partial charge in [-0.3, -0.25) is 4.90 Å². The van der Waals surface area contributed by atoms with Gasteiger partial charge in [0.05, 0.1) is 25.2 Å². The molecule has 0 spiro atoms. The standard InChI is InChI=1S/C22H26N4O5S/c1-3-30-19-6-4-17(5-7-19)22-23-21(31-24-22)16-25-12-14-26(15-13-25)32(27,28)20-10-8-18(29-2)9-11-20/h4-11H,3,12-16H2,1-2H3. The molecule has 0 bridgehead atoms. The lowest BCUT2D eigenvalue weighted by Gasteiger charge is -2.33. The first-order valence-electron chi connectivity index (χ1n) is 10.4. The van der Waals surface area contributed by atoms with Crippen LogP contribution in [-0.2, 0) is 16.6 Å². The number of sulfonamides is 1. The fourth-order valence-electron chi connectivity index (χ4n) is 3.52. The van der Waals surface area contributed by atoms with E-state index >= 15 is 0 Å². The first kappa shape index (κ1) is 22.3. The van der Waals surface area contributed by atoms with Crippen LogP contribution < -0.4 is 9.47 Å². The zero-order chi connectivity index (χ0) is 22.6. The van der Waals surface area contributed by atoms with Gasteiger partial charge >= 0.3 is 0 Å². The molecule has 10 heteroatoms. The van der Waals surface area contributed by atoms with Gasteiger partial charge in [0.15, 0.2) is 0 Å². The summed E-state index contributed by atoms with van der Waals surface area (Å²) in [7, 11) is -1.98. The van der Waals surface area contributed by atoms with Crippen molar-refractivity contribution < 1.29 is 22.4 Å². The lowest BCUT2D eigenvalue weighted by molar-refractivity contribution is 0.163. The van der Waals surface area contributed by atoms with Crippen molar-refractivity contribution in [2.45, 2.75) is 18.4 Å². The first-order chi connectivity index (χ1) is 15.5. The molecule has 32 heavy (non-hydrogen) atoms. The summed E-state index contributed by atoms with van der Waals surface area (Å²) in [5.74, 6) is 2.43. The maximum Gasteiger partial charge on any atom is 0.243 e. The minimum atomic E-state index is -3.53. The second-order valence-corrected chi connectivity index (χ2v) is 9.26. The van der Waals surface area contributed by atoms with Crippen molar-refractivity contribution in [2.75, 3.05) is 39.9 Å². The van der Waals surface area contributed by atoms with Crippen molar-refractivity contribution in [3.05, 3.63) is 54.4 Å². The van der Waals surface area contributed by atoms with Crippen LogP contribution in [0.15, 0.2) is 57.9 Å². The Bertz CT molecular complexity index is 1120. The van der Waals surface area contributed by atoms with E-state index in [1.54, 1.807) is 31.4 Å². The highest BCUT2D eigenvalue weighted by molar-refractivity contribution is 7.89. The lowest BCUT2D eigenvalue weighted by atomic mass is 10.2. The zero-order valence-electron chi connectivity index (χ0n) is 18.1. The summed E-state index contributed by atoms with van der Waals surface area (Å²) in [4.78, 5) is 6.85. The predicted octanol–water partition coefficient (Wildman–Crippen LogP) is 2.65. The topological polar surface area (TPSA) is 98.0 Å². The number of hydrogen-bond acceptors (Lipinski definition) is 8. The number of piperazine rings is 1. The summed E-state index contributed by atoms with van der Waals surface area (Å²) in [5, 5.41) is 4.07. The van der Waals surface area contributed by atoms with Crippen LogP contribution in [0.2, 0.25) is 0 Å². The molecule has 0 radical (unpaired) electrons. The Balaban J connectivity index is 1.34. The van der Waals surface area contributed by atoms with E-state index in [0.717, 1.165) is 11.3 Å². The monoisotopic (exact) mass is 458 g/mol. The van der Waals surface area contributed by atoms with Crippen molar-refractivity contribution in [3.8, 4) is 22.9 Å². The van der Waals surface area contributed by atoms with E-state index in [4.69, 9.17) is 14.0 Å². The van der Waals surface area contributed by atoms with Crippen molar-refractivity contribution in [1.82, 2.24) is 19.3 Å². The normalized spacial score (nSPS) is 15.6. The molecule has 1 saturated heterocycles. The average Bonchev–Trinajstić information content (AvgIpc) is 3.28. The molecular weight excluding hydrogens is 432 g/mol. The van der Waals surface area contributed by atoms with Gasteiger partial charge in [0.25, 0.3) is 0 Å². The number of ether oxygens (including phenoxy) is 2. The average molecular weight is 459 g/mol. The summed E-state index contributed by atoms with van der Waals surface area (Å²) in [6, 6.07) is 14.0. The molecule has 0 aliphatic carbocycles. The molecule has 1 aliphatic rings. The van der Waals surface area contributed by atoms with Gasteiger partial charge in [-0.15, -0.1) is 0 Å². The number of hydrogen-bond donors (Lipinski definition) is 0. The fraction of sp³-hybridized carbons (Fsp3) is 0.364. The van der Waals surface area contributed by atoms with Crippen LogP contribution in [0.3, 0.4) is 0 Å². The Morgan fingerprint density at radius 2 is 1.62 bits per heavy atom. The molecular formula is C22H26N4O5S. The summed E-state index contributed by atoms with van der Waals surface area (Å²) in [5.41, 5.74) is 0.846. The molecule has 1 fully saturated rings. The molecule has 3 aromatic rings. The third-order valence-electron chi connectivity index (χ3n) is 5.28. The highest BCUT2D eigenvalue weighted by atomic mass is 32.2. The quantitative estimate of drug-likeness (QED) is 0.508. The Kier molecular flexibility index (Phi) is 6.73. The molecule has 0 amide bonds. The van der Waals surface area contributed by atoms with Crippen molar-refractivity contribution in [3.63, 3.8) is 0 Å². The van der Waals surface area contributed by atoms with E-state index in [1.165, 1.54) is 4.31 Å². The van der Waals surface area contributed by atoms with Crippen molar-refractivity contribution in [2.24, 2.45) is 0 Å². The molecule has 1 aromatic heterocycles. The van der Waals surface area contributed by atoms with Gasteiger partial charge in [-0.1, -0.05) is 5.16 Å². The van der Waals surface area contributed by atoms with Crippen LogP contribution in [0.4, 0.5) is 0 Å². The molecule has 0 saturated carbocycles. The van der Waals surface area contributed by atoms with Gasteiger partial charge in [-0.25, -0.2) is 8.42 Å². The van der Waals surface area contributed by atoms with Crippen LogP contribution in [0.1, 0.15) is 12.8 Å². The van der Waals surface area contributed by atoms with Crippen LogP contribution in [0, 0.1) is 0 Å². The van der Waals surface area contributed by atoms with Crippen LogP contribution in [0.5, 0.6) is 11.5 Å². The first-order valence-corrected chi connectivity index (χ1v) is 11.9. The van der Waals surface area contributed by atoms with Gasteiger partial charge in [0.2, 0.25) is 21.7 Å². The lowest BCUT2D eigenvalue weighted by Crippen LogP contribution is -2.48. The van der Waals surface area contributed by atoms with E-state index in [0.29, 0.717) is 56.8 Å². The van der Waals surface area contributed by atoms with Crippen LogP contribution >= 0.6 is 0 Å². The number of methoxy groups -OCH3 is 1. The molecule has 0 N–H and O–H groups in total. The highest BCUT2D eigenvalue weighted by Crippen LogP contribution is 2.22. The summed E-state index contributed by atoms with van der Waals surface area (Å²) in [6.45, 7) is 4.98. The Morgan fingerprint density at radius 1 is 0.969 bits per heavy atom. The largest absolute Gasteiger partial charge is 0.497 e. The van der Waals surface area contributed by atoms with Crippen LogP contribution in [0.25, 0.3) is 11.4 Å². The Hall–Kier alpha value is -2.95. The highest BCUT2D eigenvalue weighted by Gasteiger charge is 2.29. The minimum Gasteiger partial charge on any atom is -0.497 e. The molecule has 4 rings (SSSR count). The van der Waals surface area contributed by atoms with Gasteiger partial charge in [0.1, 0.15) is 11.5 Å².